The number of carbonyl (C=O) groups is 1. The molecule has 42 heavy (non-hydrogen) atoms. The maximum Gasteiger partial charge on any atom is 0.416 e. The molecule has 2 aromatic rings. The second-order valence-corrected chi connectivity index (χ2v) is 12.4. The van der Waals surface area contributed by atoms with E-state index in [1.54, 1.807) is 23.1 Å². The SMILES string of the molecule is O=C(NC1CCCC1)N(CC1C[C@H]2CC[C@@H](C1)N2Cc1ccc(C(F)(F)F)cc1)c1ccc(N2CCOCC2)c(F)c1. The highest BCUT2D eigenvalue weighted by molar-refractivity contribution is 5.92. The number of nitrogens with zero attached hydrogens (tertiary/aromatic N) is 3. The molecule has 0 aromatic heterocycles. The van der Waals surface area contributed by atoms with E-state index in [1.807, 2.05) is 11.0 Å². The van der Waals surface area contributed by atoms with Gasteiger partial charge in [0.25, 0.3) is 0 Å². The number of anilines is 2. The van der Waals surface area contributed by atoms with E-state index in [9.17, 15) is 18.0 Å². The van der Waals surface area contributed by atoms with Gasteiger partial charge in [-0.1, -0.05) is 25.0 Å². The van der Waals surface area contributed by atoms with Crippen molar-refractivity contribution in [2.75, 3.05) is 42.6 Å². The molecule has 3 atom stereocenters. The summed E-state index contributed by atoms with van der Waals surface area (Å²) in [6, 6.07) is 11.2. The summed E-state index contributed by atoms with van der Waals surface area (Å²) >= 11 is 0. The summed E-state index contributed by atoms with van der Waals surface area (Å²) in [5.74, 6) is -0.0813. The Hall–Kier alpha value is -2.85. The van der Waals surface area contributed by atoms with E-state index < -0.39 is 11.7 Å². The van der Waals surface area contributed by atoms with Crippen LogP contribution in [-0.2, 0) is 17.5 Å². The van der Waals surface area contributed by atoms with Gasteiger partial charge in [0, 0.05) is 50.0 Å². The molecular formula is C32H40F4N4O2. The molecule has 1 N–H and O–H groups in total. The lowest BCUT2D eigenvalue weighted by Crippen LogP contribution is -2.49. The van der Waals surface area contributed by atoms with Gasteiger partial charge in [0.2, 0.25) is 0 Å². The molecule has 10 heteroatoms. The fraction of sp³-hybridized carbons (Fsp3) is 0.594. The molecule has 3 saturated heterocycles. The third kappa shape index (κ3) is 6.54. The number of rotatable bonds is 7. The lowest BCUT2D eigenvalue weighted by Gasteiger charge is -2.41. The number of nitrogens with one attached hydrogen (secondary N) is 1. The fourth-order valence-corrected chi connectivity index (χ4v) is 7.41. The Bertz CT molecular complexity index is 1210. The molecule has 228 valence electrons. The van der Waals surface area contributed by atoms with Crippen molar-refractivity contribution in [1.29, 1.82) is 0 Å². The van der Waals surface area contributed by atoms with Crippen LogP contribution in [0.5, 0.6) is 0 Å². The highest BCUT2D eigenvalue weighted by Crippen LogP contribution is 2.41. The Morgan fingerprint density at radius 2 is 1.62 bits per heavy atom. The Balaban J connectivity index is 1.15. The van der Waals surface area contributed by atoms with E-state index in [4.69, 9.17) is 4.74 Å². The van der Waals surface area contributed by atoms with Gasteiger partial charge >= 0.3 is 12.2 Å². The first-order valence-electron chi connectivity index (χ1n) is 15.4. The van der Waals surface area contributed by atoms with E-state index in [1.165, 1.54) is 6.07 Å². The fourth-order valence-electron chi connectivity index (χ4n) is 7.41. The number of benzene rings is 2. The minimum absolute atomic E-state index is 0.152. The van der Waals surface area contributed by atoms with Crippen LogP contribution in [0.1, 0.15) is 62.5 Å². The molecule has 3 aliphatic heterocycles. The lowest BCUT2D eigenvalue weighted by atomic mass is 9.89. The number of piperidine rings is 1. The van der Waals surface area contributed by atoms with E-state index in [2.05, 4.69) is 10.2 Å². The maximum absolute atomic E-state index is 15.4. The highest BCUT2D eigenvalue weighted by atomic mass is 19.4. The van der Waals surface area contributed by atoms with Gasteiger partial charge in [-0.25, -0.2) is 9.18 Å². The summed E-state index contributed by atoms with van der Waals surface area (Å²) in [6.45, 7) is 3.54. The number of urea groups is 1. The first kappa shape index (κ1) is 29.2. The van der Waals surface area contributed by atoms with Gasteiger partial charge in [-0.05, 0) is 80.3 Å². The number of hydrogen-bond acceptors (Lipinski definition) is 4. The van der Waals surface area contributed by atoms with Crippen molar-refractivity contribution in [1.82, 2.24) is 10.2 Å². The Morgan fingerprint density at radius 3 is 2.24 bits per heavy atom. The number of carbonyl (C=O) groups excluding carboxylic acids is 1. The Kier molecular flexibility index (Phi) is 8.63. The number of amides is 2. The highest BCUT2D eigenvalue weighted by Gasteiger charge is 2.41. The summed E-state index contributed by atoms with van der Waals surface area (Å²) in [4.78, 5) is 19.8. The quantitative estimate of drug-likeness (QED) is 0.371. The average molecular weight is 589 g/mol. The molecule has 2 aromatic carbocycles. The molecule has 2 bridgehead atoms. The summed E-state index contributed by atoms with van der Waals surface area (Å²) in [5.41, 5.74) is 1.36. The van der Waals surface area contributed by atoms with Crippen molar-refractivity contribution >= 4 is 17.4 Å². The van der Waals surface area contributed by atoms with Crippen LogP contribution in [0.4, 0.5) is 33.7 Å². The number of ether oxygens (including phenoxy) is 1. The first-order chi connectivity index (χ1) is 20.2. The van der Waals surface area contributed by atoms with Crippen LogP contribution in [0.3, 0.4) is 0 Å². The van der Waals surface area contributed by atoms with Crippen LogP contribution in [0.15, 0.2) is 42.5 Å². The van der Waals surface area contributed by atoms with Gasteiger partial charge in [0.05, 0.1) is 24.5 Å². The van der Waals surface area contributed by atoms with Gasteiger partial charge in [0.1, 0.15) is 5.82 Å². The molecule has 4 fully saturated rings. The van der Waals surface area contributed by atoms with Crippen molar-refractivity contribution in [2.24, 2.45) is 5.92 Å². The smallest absolute Gasteiger partial charge is 0.378 e. The van der Waals surface area contributed by atoms with Gasteiger partial charge in [-0.3, -0.25) is 9.80 Å². The van der Waals surface area contributed by atoms with Gasteiger partial charge in [-0.15, -0.1) is 0 Å². The van der Waals surface area contributed by atoms with E-state index in [0.29, 0.717) is 62.9 Å². The molecule has 0 radical (unpaired) electrons. The molecule has 0 spiro atoms. The van der Waals surface area contributed by atoms with Gasteiger partial charge < -0.3 is 15.0 Å². The Morgan fingerprint density at radius 1 is 0.952 bits per heavy atom. The second-order valence-electron chi connectivity index (χ2n) is 12.4. The third-order valence-corrected chi connectivity index (χ3v) is 9.59. The van der Waals surface area contributed by atoms with Gasteiger partial charge in [-0.2, -0.15) is 13.2 Å². The van der Waals surface area contributed by atoms with E-state index >= 15 is 4.39 Å². The van der Waals surface area contributed by atoms with Crippen LogP contribution < -0.4 is 15.1 Å². The molecule has 1 aliphatic carbocycles. The zero-order valence-electron chi connectivity index (χ0n) is 23.9. The molecule has 6 nitrogen and oxygen atoms in total. The van der Waals surface area contributed by atoms with Crippen molar-refractivity contribution in [3.63, 3.8) is 0 Å². The van der Waals surface area contributed by atoms with Crippen LogP contribution in [-0.4, -0.2) is 61.9 Å². The van der Waals surface area contributed by atoms with Crippen LogP contribution in [0, 0.1) is 11.7 Å². The molecule has 6 rings (SSSR count). The maximum atomic E-state index is 15.4. The standard InChI is InChI=1S/C32H40F4N4O2/c33-29-19-28(11-12-30(29)38-13-15-42-16-14-38)40(31(41)37-25-3-1-2-4-25)21-23-17-26-9-10-27(18-23)39(26)20-22-5-7-24(8-6-22)32(34,35)36/h5-8,11-12,19,23,25-27H,1-4,9-10,13-18,20-21H2,(H,37,41)/t23?,26-,27+. The zero-order chi connectivity index (χ0) is 29.3. The molecule has 3 heterocycles. The zero-order valence-corrected chi connectivity index (χ0v) is 23.9. The molecule has 2 amide bonds. The predicted octanol–water partition coefficient (Wildman–Crippen LogP) is 6.58. The van der Waals surface area contributed by atoms with Gasteiger partial charge in [0.15, 0.2) is 0 Å². The lowest BCUT2D eigenvalue weighted by molar-refractivity contribution is -0.137. The monoisotopic (exact) mass is 588 g/mol. The van der Waals surface area contributed by atoms with Crippen LogP contribution in [0.2, 0.25) is 0 Å². The van der Waals surface area contributed by atoms with Crippen LogP contribution >= 0.6 is 0 Å². The van der Waals surface area contributed by atoms with E-state index in [-0.39, 0.29) is 23.8 Å². The topological polar surface area (TPSA) is 48.1 Å². The number of alkyl halides is 3. The summed E-state index contributed by atoms with van der Waals surface area (Å²) in [5, 5.41) is 3.21. The summed E-state index contributed by atoms with van der Waals surface area (Å²) in [6.07, 6.45) is 3.70. The van der Waals surface area contributed by atoms with E-state index in [0.717, 1.165) is 69.1 Å². The number of halogens is 4. The second kappa shape index (κ2) is 12.4. The normalized spacial score (nSPS) is 25.1. The minimum Gasteiger partial charge on any atom is -0.378 e. The van der Waals surface area contributed by atoms with Crippen molar-refractivity contribution in [3.05, 3.63) is 59.4 Å². The number of hydrogen-bond donors (Lipinski definition) is 1. The predicted molar refractivity (Wildman–Crippen MR) is 154 cm³/mol. The van der Waals surface area contributed by atoms with Crippen molar-refractivity contribution < 1.29 is 27.1 Å². The van der Waals surface area contributed by atoms with Crippen molar-refractivity contribution in [3.8, 4) is 0 Å². The molecule has 4 aliphatic rings. The molecule has 1 unspecified atom stereocenters. The molecule has 1 saturated carbocycles. The third-order valence-electron chi connectivity index (χ3n) is 9.59. The summed E-state index contributed by atoms with van der Waals surface area (Å²) in [7, 11) is 0. The average Bonchev–Trinajstić information content (AvgIpc) is 3.56. The Labute approximate surface area is 245 Å². The first-order valence-corrected chi connectivity index (χ1v) is 15.4. The minimum atomic E-state index is -4.34. The number of morpholine rings is 1. The van der Waals surface area contributed by atoms with Crippen molar-refractivity contribution in [2.45, 2.75) is 82.2 Å². The largest absolute Gasteiger partial charge is 0.416 e. The van der Waals surface area contributed by atoms with Crippen LogP contribution in [0.25, 0.3) is 0 Å². The molecular weight excluding hydrogens is 548 g/mol. The number of fused-ring (bicyclic) bond motifs is 2. The summed E-state index contributed by atoms with van der Waals surface area (Å²) < 4.78 is 59.9.